The first kappa shape index (κ1) is 15.9. The topological polar surface area (TPSA) is 92.5 Å². The second-order valence-electron chi connectivity index (χ2n) is 3.75. The van der Waals surface area contributed by atoms with Crippen molar-refractivity contribution in [2.24, 2.45) is 0 Å². The lowest BCUT2D eigenvalue weighted by Gasteiger charge is -2.17. The lowest BCUT2D eigenvalue weighted by atomic mass is 10.3. The molecule has 0 atom stereocenters. The van der Waals surface area contributed by atoms with Crippen LogP contribution in [-0.2, 0) is 14.8 Å². The summed E-state index contributed by atoms with van der Waals surface area (Å²) < 4.78 is 38.8. The SMILES string of the molecule is CNC(=O)CN(C)S(=O)(=O)c1cc(N)cc(Br)c1F. The third-order valence-corrected chi connectivity index (χ3v) is 4.73. The molecular formula is C10H13BrFN3O3S. The van der Waals surface area contributed by atoms with E-state index in [2.05, 4.69) is 21.2 Å². The van der Waals surface area contributed by atoms with Gasteiger partial charge in [-0.05, 0) is 28.1 Å². The van der Waals surface area contributed by atoms with Crippen LogP contribution >= 0.6 is 15.9 Å². The van der Waals surface area contributed by atoms with Crippen molar-refractivity contribution in [3.8, 4) is 0 Å². The molecule has 0 saturated carbocycles. The maximum absolute atomic E-state index is 13.8. The molecule has 1 aromatic carbocycles. The van der Waals surface area contributed by atoms with Crippen molar-refractivity contribution in [2.45, 2.75) is 4.90 Å². The van der Waals surface area contributed by atoms with Crippen LogP contribution in [0.5, 0.6) is 0 Å². The van der Waals surface area contributed by atoms with E-state index < -0.39 is 33.2 Å². The first-order valence-corrected chi connectivity index (χ1v) is 7.35. The van der Waals surface area contributed by atoms with Gasteiger partial charge in [0.2, 0.25) is 15.9 Å². The molecule has 19 heavy (non-hydrogen) atoms. The van der Waals surface area contributed by atoms with Gasteiger partial charge in [0, 0.05) is 19.8 Å². The first-order chi connectivity index (χ1) is 8.70. The Hall–Kier alpha value is -1.19. The van der Waals surface area contributed by atoms with Gasteiger partial charge in [0.05, 0.1) is 11.0 Å². The van der Waals surface area contributed by atoms with E-state index in [4.69, 9.17) is 5.73 Å². The van der Waals surface area contributed by atoms with Gasteiger partial charge in [-0.3, -0.25) is 4.79 Å². The Kier molecular flexibility index (Phi) is 4.88. The number of rotatable bonds is 4. The zero-order valence-electron chi connectivity index (χ0n) is 10.3. The predicted octanol–water partition coefficient (Wildman–Crippen LogP) is 0.537. The Labute approximate surface area is 118 Å². The third-order valence-electron chi connectivity index (χ3n) is 2.35. The van der Waals surface area contributed by atoms with Gasteiger partial charge in [-0.2, -0.15) is 4.31 Å². The number of hydrogen-bond donors (Lipinski definition) is 2. The van der Waals surface area contributed by atoms with Crippen molar-refractivity contribution < 1.29 is 17.6 Å². The Morgan fingerprint density at radius 3 is 2.63 bits per heavy atom. The number of hydrogen-bond acceptors (Lipinski definition) is 4. The van der Waals surface area contributed by atoms with Gasteiger partial charge in [-0.15, -0.1) is 0 Å². The number of sulfonamides is 1. The number of amides is 1. The monoisotopic (exact) mass is 353 g/mol. The third kappa shape index (κ3) is 3.43. The largest absolute Gasteiger partial charge is 0.399 e. The van der Waals surface area contributed by atoms with Crippen LogP contribution in [0.15, 0.2) is 21.5 Å². The minimum Gasteiger partial charge on any atom is -0.399 e. The fourth-order valence-electron chi connectivity index (χ4n) is 1.31. The molecule has 3 N–H and O–H groups in total. The summed E-state index contributed by atoms with van der Waals surface area (Å²) in [5, 5.41) is 2.28. The summed E-state index contributed by atoms with van der Waals surface area (Å²) >= 11 is 2.89. The normalized spacial score (nSPS) is 11.6. The van der Waals surface area contributed by atoms with E-state index in [0.717, 1.165) is 10.4 Å². The highest BCUT2D eigenvalue weighted by Crippen LogP contribution is 2.27. The van der Waals surface area contributed by atoms with Gasteiger partial charge in [-0.25, -0.2) is 12.8 Å². The molecule has 0 fully saturated rings. The van der Waals surface area contributed by atoms with Crippen LogP contribution < -0.4 is 11.1 Å². The summed E-state index contributed by atoms with van der Waals surface area (Å²) in [5.41, 5.74) is 5.59. The number of benzene rings is 1. The standard InChI is InChI=1S/C10H13BrFN3O3S/c1-14-9(16)5-15(2)19(17,18)8-4-6(13)3-7(11)10(8)12/h3-4H,5,13H2,1-2H3,(H,14,16). The molecule has 6 nitrogen and oxygen atoms in total. The van der Waals surface area contributed by atoms with Crippen molar-refractivity contribution in [1.29, 1.82) is 0 Å². The number of likely N-dealkylation sites (N-methyl/N-ethyl adjacent to an activating group) is 2. The number of carbonyl (C=O) groups is 1. The van der Waals surface area contributed by atoms with Gasteiger partial charge in [0.25, 0.3) is 0 Å². The van der Waals surface area contributed by atoms with Crippen LogP contribution in [0.3, 0.4) is 0 Å². The number of nitrogens with zero attached hydrogens (tertiary/aromatic N) is 1. The van der Waals surface area contributed by atoms with Crippen LogP contribution in [0.25, 0.3) is 0 Å². The van der Waals surface area contributed by atoms with Gasteiger partial charge < -0.3 is 11.1 Å². The molecule has 106 valence electrons. The highest BCUT2D eigenvalue weighted by Gasteiger charge is 2.27. The molecule has 0 heterocycles. The van der Waals surface area contributed by atoms with Crippen LogP contribution in [0.4, 0.5) is 10.1 Å². The van der Waals surface area contributed by atoms with Crippen molar-refractivity contribution in [1.82, 2.24) is 9.62 Å². The molecule has 0 aliphatic carbocycles. The maximum Gasteiger partial charge on any atom is 0.246 e. The van der Waals surface area contributed by atoms with E-state index in [1.54, 1.807) is 0 Å². The van der Waals surface area contributed by atoms with E-state index in [0.29, 0.717) is 0 Å². The average molecular weight is 354 g/mol. The number of anilines is 1. The average Bonchev–Trinajstić information content (AvgIpc) is 2.33. The molecule has 0 aliphatic rings. The summed E-state index contributed by atoms with van der Waals surface area (Å²) in [6.07, 6.45) is 0. The van der Waals surface area contributed by atoms with E-state index in [-0.39, 0.29) is 10.2 Å². The molecule has 1 rings (SSSR count). The quantitative estimate of drug-likeness (QED) is 0.772. The Morgan fingerprint density at radius 1 is 1.53 bits per heavy atom. The molecular weight excluding hydrogens is 341 g/mol. The summed E-state index contributed by atoms with van der Waals surface area (Å²) in [4.78, 5) is 10.6. The molecule has 0 unspecified atom stereocenters. The molecule has 0 saturated heterocycles. The number of nitrogen functional groups attached to an aromatic ring is 1. The second-order valence-corrected chi connectivity index (χ2v) is 6.62. The van der Waals surface area contributed by atoms with Crippen molar-refractivity contribution in [3.05, 3.63) is 22.4 Å². The first-order valence-electron chi connectivity index (χ1n) is 5.11. The summed E-state index contributed by atoms with van der Waals surface area (Å²) in [6, 6.07) is 2.27. The number of halogens is 2. The van der Waals surface area contributed by atoms with Crippen LogP contribution in [0.1, 0.15) is 0 Å². The van der Waals surface area contributed by atoms with Crippen LogP contribution in [0.2, 0.25) is 0 Å². The fraction of sp³-hybridized carbons (Fsp3) is 0.300. The molecule has 0 aromatic heterocycles. The zero-order valence-corrected chi connectivity index (χ0v) is 12.7. The smallest absolute Gasteiger partial charge is 0.246 e. The van der Waals surface area contributed by atoms with E-state index in [1.165, 1.54) is 20.2 Å². The molecule has 9 heteroatoms. The van der Waals surface area contributed by atoms with E-state index in [9.17, 15) is 17.6 Å². The summed E-state index contributed by atoms with van der Waals surface area (Å²) in [7, 11) is -1.58. The molecule has 0 bridgehead atoms. The highest BCUT2D eigenvalue weighted by molar-refractivity contribution is 9.10. The lowest BCUT2D eigenvalue weighted by molar-refractivity contribution is -0.120. The van der Waals surface area contributed by atoms with Crippen molar-refractivity contribution >= 4 is 37.5 Å². The number of nitrogens with two attached hydrogens (primary N) is 1. The zero-order chi connectivity index (χ0) is 14.8. The van der Waals surface area contributed by atoms with Crippen LogP contribution in [0, 0.1) is 5.82 Å². The summed E-state index contributed by atoms with van der Waals surface area (Å²) in [5.74, 6) is -1.45. The van der Waals surface area contributed by atoms with Crippen molar-refractivity contribution in [2.75, 3.05) is 26.4 Å². The van der Waals surface area contributed by atoms with Crippen molar-refractivity contribution in [3.63, 3.8) is 0 Å². The van der Waals surface area contributed by atoms with E-state index in [1.807, 2.05) is 0 Å². The molecule has 0 spiro atoms. The Bertz CT molecular complexity index is 606. The molecule has 0 radical (unpaired) electrons. The Balaban J connectivity index is 3.24. The number of nitrogens with one attached hydrogen (secondary N) is 1. The van der Waals surface area contributed by atoms with Crippen LogP contribution in [-0.4, -0.2) is 39.3 Å². The fourth-order valence-corrected chi connectivity index (χ4v) is 3.16. The number of carbonyl (C=O) groups excluding carboxylic acids is 1. The minimum atomic E-state index is -4.13. The van der Waals surface area contributed by atoms with E-state index >= 15 is 0 Å². The molecule has 1 aromatic rings. The van der Waals surface area contributed by atoms with Gasteiger partial charge in [0.1, 0.15) is 4.90 Å². The predicted molar refractivity (Wildman–Crippen MR) is 72.4 cm³/mol. The minimum absolute atomic E-state index is 0.0561. The van der Waals surface area contributed by atoms with Gasteiger partial charge in [0.15, 0.2) is 5.82 Å². The molecule has 0 aliphatic heterocycles. The highest BCUT2D eigenvalue weighted by atomic mass is 79.9. The molecule has 1 amide bonds. The lowest BCUT2D eigenvalue weighted by Crippen LogP contribution is -2.37. The van der Waals surface area contributed by atoms with Gasteiger partial charge >= 0.3 is 0 Å². The summed E-state index contributed by atoms with van der Waals surface area (Å²) in [6.45, 7) is -0.412. The maximum atomic E-state index is 13.8. The van der Waals surface area contributed by atoms with Gasteiger partial charge in [-0.1, -0.05) is 0 Å². The Morgan fingerprint density at radius 2 is 2.11 bits per heavy atom. The second kappa shape index (κ2) is 5.85.